The molecule has 1 unspecified atom stereocenters. The number of esters is 2. The lowest BCUT2D eigenvalue weighted by molar-refractivity contribution is -0.161. The lowest BCUT2D eigenvalue weighted by Gasteiger charge is -2.19. The van der Waals surface area contributed by atoms with Crippen molar-refractivity contribution in [3.8, 4) is 0 Å². The van der Waals surface area contributed by atoms with E-state index in [0.29, 0.717) is 32.1 Å². The van der Waals surface area contributed by atoms with E-state index in [1.807, 2.05) is 43.4 Å². The van der Waals surface area contributed by atoms with Crippen molar-refractivity contribution in [1.29, 1.82) is 0 Å². The fourth-order valence-electron chi connectivity index (χ4n) is 4.72. The molecule has 0 aromatic carbocycles. The van der Waals surface area contributed by atoms with Crippen molar-refractivity contribution >= 4 is 19.8 Å². The summed E-state index contributed by atoms with van der Waals surface area (Å²) in [5.74, 6) is -1.06. The Morgan fingerprint density at radius 1 is 0.632 bits per heavy atom. The molecule has 0 radical (unpaired) electrons. The van der Waals surface area contributed by atoms with Gasteiger partial charge in [0.05, 0.1) is 25.4 Å². The van der Waals surface area contributed by atoms with Crippen LogP contribution < -0.4 is 5.73 Å². The van der Waals surface area contributed by atoms with Crippen LogP contribution in [-0.4, -0.2) is 71.7 Å². The first-order chi connectivity index (χ1) is 27.6. The van der Waals surface area contributed by atoms with Gasteiger partial charge in [-0.1, -0.05) is 136 Å². The Hall–Kier alpha value is -3.41. The molecule has 11 nitrogen and oxygen atoms in total. The molecule has 0 aliphatic carbocycles. The summed E-state index contributed by atoms with van der Waals surface area (Å²) in [4.78, 5) is 34.8. The van der Waals surface area contributed by atoms with Gasteiger partial charge in [0.15, 0.2) is 6.10 Å². The molecule has 0 aliphatic heterocycles. The maximum Gasteiger partial charge on any atom is 0.472 e. The molecule has 4 atom stereocenters. The number of nitrogens with two attached hydrogens (primary N) is 1. The first-order valence-electron chi connectivity index (χ1n) is 20.6. The van der Waals surface area contributed by atoms with Crippen LogP contribution in [0.1, 0.15) is 117 Å². The molecule has 0 aromatic rings. The quantitative estimate of drug-likeness (QED) is 0.0156. The van der Waals surface area contributed by atoms with E-state index in [2.05, 4.69) is 43.4 Å². The van der Waals surface area contributed by atoms with Crippen molar-refractivity contribution in [3.63, 3.8) is 0 Å². The largest absolute Gasteiger partial charge is 0.472 e. The van der Waals surface area contributed by atoms with Gasteiger partial charge in [-0.3, -0.25) is 18.6 Å². The van der Waals surface area contributed by atoms with Crippen LogP contribution in [0.2, 0.25) is 0 Å². The number of ether oxygens (including phenoxy) is 2. The zero-order valence-corrected chi connectivity index (χ0v) is 35.4. The van der Waals surface area contributed by atoms with Gasteiger partial charge >= 0.3 is 19.8 Å². The van der Waals surface area contributed by atoms with Crippen LogP contribution in [0.3, 0.4) is 0 Å². The molecular weight excluding hydrogens is 745 g/mol. The van der Waals surface area contributed by atoms with Crippen molar-refractivity contribution in [3.05, 3.63) is 109 Å². The van der Waals surface area contributed by atoms with Gasteiger partial charge in [0, 0.05) is 19.4 Å². The van der Waals surface area contributed by atoms with E-state index in [9.17, 15) is 29.3 Å². The standard InChI is InChI=1S/C45H72NO10P/c1-3-5-7-8-9-10-11-12-13-14-15-16-17-22-30-36-45(50)56-43(40-55-57(51,52)54-38-37-46)39-53-44(49)35-29-21-19-18-20-26-32-42(48)34-28-24-23-27-33-41(47)31-25-6-4-2/h6,9-10,12-13,15-16,19-21,23-28,33-34,41-43,47-48H,3-5,7-8,11,14,17-18,22,29-32,35-40,46H2,1-2H3,(H,51,52)/b10-9-,13-12-,16-15-,21-19-,24-23-,25-6-,26-20-,33-27+,34-28+/t41-,42+,43-/m1/s1. The van der Waals surface area contributed by atoms with E-state index in [-0.39, 0.29) is 32.6 Å². The van der Waals surface area contributed by atoms with Crippen LogP contribution in [-0.2, 0) is 32.7 Å². The molecule has 0 amide bonds. The average molecular weight is 818 g/mol. The molecule has 0 aliphatic rings. The minimum Gasteiger partial charge on any atom is -0.462 e. The number of rotatable bonds is 36. The van der Waals surface area contributed by atoms with E-state index in [1.54, 1.807) is 36.5 Å². The molecule has 12 heteroatoms. The lowest BCUT2D eigenvalue weighted by Crippen LogP contribution is -2.29. The Morgan fingerprint density at radius 3 is 1.75 bits per heavy atom. The number of phosphoric ester groups is 1. The summed E-state index contributed by atoms with van der Waals surface area (Å²) in [6, 6.07) is 0. The third-order valence-corrected chi connectivity index (χ3v) is 8.81. The van der Waals surface area contributed by atoms with Gasteiger partial charge in [-0.15, -0.1) is 0 Å². The molecule has 0 fully saturated rings. The lowest BCUT2D eigenvalue weighted by atomic mass is 10.1. The molecule has 0 saturated carbocycles. The minimum absolute atomic E-state index is 0.0146. The first-order valence-corrected chi connectivity index (χ1v) is 22.1. The molecule has 0 aromatic heterocycles. The zero-order chi connectivity index (χ0) is 42.1. The molecule has 57 heavy (non-hydrogen) atoms. The summed E-state index contributed by atoms with van der Waals surface area (Å²) in [7, 11) is -4.44. The van der Waals surface area contributed by atoms with E-state index >= 15 is 0 Å². The number of hydrogen-bond acceptors (Lipinski definition) is 10. The van der Waals surface area contributed by atoms with E-state index in [4.69, 9.17) is 24.3 Å². The highest BCUT2D eigenvalue weighted by Gasteiger charge is 2.25. The van der Waals surface area contributed by atoms with Gasteiger partial charge in [-0.05, 0) is 77.0 Å². The first kappa shape index (κ1) is 53.6. The Morgan fingerprint density at radius 2 is 1.18 bits per heavy atom. The molecule has 0 saturated heterocycles. The zero-order valence-electron chi connectivity index (χ0n) is 34.5. The van der Waals surface area contributed by atoms with Crippen molar-refractivity contribution in [1.82, 2.24) is 0 Å². The number of allylic oxidation sites excluding steroid dienone is 14. The highest BCUT2D eigenvalue weighted by Crippen LogP contribution is 2.43. The van der Waals surface area contributed by atoms with Crippen molar-refractivity contribution in [2.24, 2.45) is 5.73 Å². The van der Waals surface area contributed by atoms with E-state index < -0.39 is 44.7 Å². The number of aliphatic hydroxyl groups is 2. The normalized spacial score (nSPS) is 15.5. The second-order valence-corrected chi connectivity index (χ2v) is 14.6. The number of aliphatic hydroxyl groups excluding tert-OH is 2. The number of phosphoric acid groups is 1. The summed E-state index contributed by atoms with van der Waals surface area (Å²) in [5.41, 5.74) is 5.32. The molecule has 0 bridgehead atoms. The number of carbonyl (C=O) groups excluding carboxylic acids is 2. The van der Waals surface area contributed by atoms with Crippen LogP contribution in [0.25, 0.3) is 0 Å². The molecular formula is C45H72NO10P. The van der Waals surface area contributed by atoms with Gasteiger partial charge in [0.25, 0.3) is 0 Å². The van der Waals surface area contributed by atoms with Crippen LogP contribution in [0.15, 0.2) is 109 Å². The average Bonchev–Trinajstić information content (AvgIpc) is 3.19. The third kappa shape index (κ3) is 39.2. The van der Waals surface area contributed by atoms with Crippen LogP contribution in [0, 0.1) is 0 Å². The minimum atomic E-state index is -4.44. The highest BCUT2D eigenvalue weighted by molar-refractivity contribution is 7.47. The Kier molecular flexibility index (Phi) is 37.1. The Bertz CT molecular complexity index is 1330. The van der Waals surface area contributed by atoms with Gasteiger partial charge in [-0.2, -0.15) is 0 Å². The summed E-state index contributed by atoms with van der Waals surface area (Å²) < 4.78 is 32.5. The summed E-state index contributed by atoms with van der Waals surface area (Å²) in [6.07, 6.45) is 44.9. The predicted molar refractivity (Wildman–Crippen MR) is 231 cm³/mol. The van der Waals surface area contributed by atoms with Crippen molar-refractivity contribution in [2.45, 2.75) is 135 Å². The SMILES string of the molecule is CC/C=C\C[C@@H](O)/C=C/C=C\C=C\[C@@H](O)C/C=C\C/C=C\CCC(=O)OC[C@H](COP(=O)(O)OCCN)OC(=O)CCCC/C=C\C/C=C\C/C=C\CCCCC. The van der Waals surface area contributed by atoms with E-state index in [0.717, 1.165) is 38.5 Å². The third-order valence-electron chi connectivity index (χ3n) is 7.82. The molecule has 0 spiro atoms. The summed E-state index contributed by atoms with van der Waals surface area (Å²) in [5, 5.41) is 19.9. The fraction of sp³-hybridized carbons (Fsp3) is 0.556. The molecule has 0 rings (SSSR count). The fourth-order valence-corrected chi connectivity index (χ4v) is 5.49. The van der Waals surface area contributed by atoms with Gasteiger partial charge in [-0.25, -0.2) is 4.57 Å². The summed E-state index contributed by atoms with van der Waals surface area (Å²) in [6.45, 7) is 3.22. The maximum atomic E-state index is 12.5. The van der Waals surface area contributed by atoms with Gasteiger partial charge in [0.2, 0.25) is 0 Å². The van der Waals surface area contributed by atoms with Gasteiger partial charge < -0.3 is 30.3 Å². The topological polar surface area (TPSA) is 175 Å². The Labute approximate surface area is 343 Å². The second kappa shape index (κ2) is 39.4. The van der Waals surface area contributed by atoms with E-state index in [1.165, 1.54) is 19.3 Å². The monoisotopic (exact) mass is 817 g/mol. The van der Waals surface area contributed by atoms with Crippen molar-refractivity contribution < 1.29 is 47.8 Å². The number of carbonyl (C=O) groups is 2. The molecule has 0 heterocycles. The maximum absolute atomic E-state index is 12.5. The summed E-state index contributed by atoms with van der Waals surface area (Å²) >= 11 is 0. The molecule has 322 valence electrons. The van der Waals surface area contributed by atoms with Gasteiger partial charge in [0.1, 0.15) is 6.61 Å². The van der Waals surface area contributed by atoms with Crippen molar-refractivity contribution in [2.75, 3.05) is 26.4 Å². The van der Waals surface area contributed by atoms with Crippen LogP contribution >= 0.6 is 7.82 Å². The molecule has 5 N–H and O–H groups in total. The number of hydrogen-bond donors (Lipinski definition) is 4. The predicted octanol–water partition coefficient (Wildman–Crippen LogP) is 9.54. The van der Waals surface area contributed by atoms with Crippen LogP contribution in [0.5, 0.6) is 0 Å². The number of unbranched alkanes of at least 4 members (excludes halogenated alkanes) is 5. The van der Waals surface area contributed by atoms with Crippen LogP contribution in [0.4, 0.5) is 0 Å². The smallest absolute Gasteiger partial charge is 0.462 e. The second-order valence-electron chi connectivity index (χ2n) is 13.2. The highest BCUT2D eigenvalue weighted by atomic mass is 31.2. The Balaban J connectivity index is 4.51.